The molecule has 0 radical (unpaired) electrons. The van der Waals surface area contributed by atoms with Crippen LogP contribution in [-0.4, -0.2) is 40.0 Å². The average Bonchev–Trinajstić information content (AvgIpc) is 3.17. The highest BCUT2D eigenvalue weighted by Crippen LogP contribution is 2.32. The lowest BCUT2D eigenvalue weighted by atomic mass is 10.2. The SMILES string of the molecule is C=CCO[C@@H](C)C(=O)N1CCC[C@@H]1c1nc2ccccc2[nH]1. The lowest BCUT2D eigenvalue weighted by molar-refractivity contribution is -0.143. The Labute approximate surface area is 130 Å². The smallest absolute Gasteiger partial charge is 0.252 e. The van der Waals surface area contributed by atoms with Crippen molar-refractivity contribution >= 4 is 16.9 Å². The van der Waals surface area contributed by atoms with Gasteiger partial charge in [-0.3, -0.25) is 4.79 Å². The highest BCUT2D eigenvalue weighted by molar-refractivity contribution is 5.81. The van der Waals surface area contributed by atoms with Crippen LogP contribution in [-0.2, 0) is 9.53 Å². The number of ether oxygens (including phenoxy) is 1. The third-order valence-corrected chi connectivity index (χ3v) is 4.07. The summed E-state index contributed by atoms with van der Waals surface area (Å²) < 4.78 is 5.47. The van der Waals surface area contributed by atoms with E-state index in [0.29, 0.717) is 6.61 Å². The van der Waals surface area contributed by atoms with Gasteiger partial charge in [-0.2, -0.15) is 0 Å². The number of hydrogen-bond acceptors (Lipinski definition) is 3. The molecule has 0 bridgehead atoms. The lowest BCUT2D eigenvalue weighted by Gasteiger charge is -2.26. The summed E-state index contributed by atoms with van der Waals surface area (Å²) in [6, 6.07) is 7.94. The summed E-state index contributed by atoms with van der Waals surface area (Å²) in [4.78, 5) is 22.4. The van der Waals surface area contributed by atoms with Gasteiger partial charge in [0.15, 0.2) is 0 Å². The molecule has 1 aliphatic rings. The van der Waals surface area contributed by atoms with Crippen LogP contribution < -0.4 is 0 Å². The Kier molecular flexibility index (Phi) is 4.24. The Morgan fingerprint density at radius 2 is 2.41 bits per heavy atom. The van der Waals surface area contributed by atoms with E-state index in [1.54, 1.807) is 13.0 Å². The number of carbonyl (C=O) groups is 1. The molecule has 2 heterocycles. The van der Waals surface area contributed by atoms with Gasteiger partial charge in [-0.25, -0.2) is 4.98 Å². The zero-order valence-electron chi connectivity index (χ0n) is 12.8. The monoisotopic (exact) mass is 299 g/mol. The topological polar surface area (TPSA) is 58.2 Å². The van der Waals surface area contributed by atoms with Crippen molar-refractivity contribution in [2.45, 2.75) is 31.9 Å². The van der Waals surface area contributed by atoms with Crippen molar-refractivity contribution in [3.8, 4) is 0 Å². The van der Waals surface area contributed by atoms with E-state index in [1.807, 2.05) is 29.2 Å². The summed E-state index contributed by atoms with van der Waals surface area (Å²) in [6.45, 7) is 6.54. The van der Waals surface area contributed by atoms with Crippen LogP contribution in [0.4, 0.5) is 0 Å². The average molecular weight is 299 g/mol. The molecule has 1 N–H and O–H groups in total. The number of aromatic amines is 1. The quantitative estimate of drug-likeness (QED) is 0.864. The number of aromatic nitrogens is 2. The number of nitrogens with zero attached hydrogens (tertiary/aromatic N) is 2. The largest absolute Gasteiger partial charge is 0.365 e. The Bertz CT molecular complexity index is 646. The predicted octanol–water partition coefficient (Wildman–Crippen LogP) is 2.82. The molecular weight excluding hydrogens is 278 g/mol. The van der Waals surface area contributed by atoms with Crippen molar-refractivity contribution in [2.24, 2.45) is 0 Å². The van der Waals surface area contributed by atoms with Crippen molar-refractivity contribution in [1.82, 2.24) is 14.9 Å². The molecule has 116 valence electrons. The van der Waals surface area contributed by atoms with Gasteiger partial charge in [0, 0.05) is 6.54 Å². The molecule has 5 nitrogen and oxygen atoms in total. The number of benzene rings is 1. The zero-order chi connectivity index (χ0) is 15.5. The van der Waals surface area contributed by atoms with E-state index in [2.05, 4.69) is 16.5 Å². The molecule has 2 aromatic rings. The standard InChI is InChI=1S/C17H21N3O2/c1-3-11-22-12(2)17(21)20-10-6-9-15(20)16-18-13-7-4-5-8-14(13)19-16/h3-5,7-8,12,15H,1,6,9-11H2,2H3,(H,18,19)/t12-,15+/m0/s1. The van der Waals surface area contributed by atoms with Crippen LogP contribution >= 0.6 is 0 Å². The number of likely N-dealkylation sites (tertiary alicyclic amines) is 1. The van der Waals surface area contributed by atoms with E-state index in [1.165, 1.54) is 0 Å². The van der Waals surface area contributed by atoms with Gasteiger partial charge in [0.2, 0.25) is 0 Å². The van der Waals surface area contributed by atoms with E-state index in [-0.39, 0.29) is 11.9 Å². The molecule has 0 spiro atoms. The van der Waals surface area contributed by atoms with Crippen LogP contribution in [0.5, 0.6) is 0 Å². The summed E-state index contributed by atoms with van der Waals surface area (Å²) >= 11 is 0. The Morgan fingerprint density at radius 3 is 3.18 bits per heavy atom. The number of nitrogens with one attached hydrogen (secondary N) is 1. The summed E-state index contributed by atoms with van der Waals surface area (Å²) in [5.41, 5.74) is 1.94. The molecule has 0 saturated carbocycles. The second kappa shape index (κ2) is 6.32. The number of hydrogen-bond donors (Lipinski definition) is 1. The number of fused-ring (bicyclic) bond motifs is 1. The molecule has 1 amide bonds. The first kappa shape index (κ1) is 14.8. The molecule has 22 heavy (non-hydrogen) atoms. The van der Waals surface area contributed by atoms with Crippen LogP contribution in [0.15, 0.2) is 36.9 Å². The number of carbonyl (C=O) groups excluding carboxylic acids is 1. The molecule has 1 aromatic heterocycles. The fourth-order valence-corrected chi connectivity index (χ4v) is 2.96. The van der Waals surface area contributed by atoms with Crippen molar-refractivity contribution in [3.63, 3.8) is 0 Å². The maximum absolute atomic E-state index is 12.6. The highest BCUT2D eigenvalue weighted by Gasteiger charge is 2.34. The van der Waals surface area contributed by atoms with Gasteiger partial charge in [-0.1, -0.05) is 18.2 Å². The Hall–Kier alpha value is -2.14. The zero-order valence-corrected chi connectivity index (χ0v) is 12.8. The van der Waals surface area contributed by atoms with E-state index in [0.717, 1.165) is 36.2 Å². The lowest BCUT2D eigenvalue weighted by Crippen LogP contribution is -2.39. The van der Waals surface area contributed by atoms with Gasteiger partial charge in [-0.15, -0.1) is 6.58 Å². The minimum absolute atomic E-state index is 0.00896. The van der Waals surface area contributed by atoms with E-state index >= 15 is 0 Å². The van der Waals surface area contributed by atoms with Gasteiger partial charge < -0.3 is 14.6 Å². The number of para-hydroxylation sites is 2. The molecule has 1 aromatic carbocycles. The van der Waals surface area contributed by atoms with Gasteiger partial charge in [0.25, 0.3) is 5.91 Å². The molecule has 5 heteroatoms. The normalized spacial score (nSPS) is 19.5. The van der Waals surface area contributed by atoms with Crippen LogP contribution in [0.25, 0.3) is 11.0 Å². The Balaban J connectivity index is 1.80. The second-order valence-corrected chi connectivity index (χ2v) is 5.59. The van der Waals surface area contributed by atoms with Gasteiger partial charge in [-0.05, 0) is 31.9 Å². The van der Waals surface area contributed by atoms with Crippen LogP contribution in [0.1, 0.15) is 31.6 Å². The summed E-state index contributed by atoms with van der Waals surface area (Å²) in [5, 5.41) is 0. The maximum atomic E-state index is 12.6. The van der Waals surface area contributed by atoms with Crippen molar-refractivity contribution in [3.05, 3.63) is 42.7 Å². The molecular formula is C17H21N3O2. The molecule has 0 aliphatic carbocycles. The first-order valence-corrected chi connectivity index (χ1v) is 7.68. The summed E-state index contributed by atoms with van der Waals surface area (Å²) in [6.07, 6.45) is 3.12. The second-order valence-electron chi connectivity index (χ2n) is 5.59. The minimum atomic E-state index is -0.456. The molecule has 1 aliphatic heterocycles. The van der Waals surface area contributed by atoms with Crippen molar-refractivity contribution in [1.29, 1.82) is 0 Å². The number of amides is 1. The number of imidazole rings is 1. The van der Waals surface area contributed by atoms with Crippen molar-refractivity contribution in [2.75, 3.05) is 13.2 Å². The summed E-state index contributed by atoms with van der Waals surface area (Å²) in [5.74, 6) is 0.882. The minimum Gasteiger partial charge on any atom is -0.365 e. The summed E-state index contributed by atoms with van der Waals surface area (Å²) in [7, 11) is 0. The number of rotatable bonds is 5. The number of H-pyrrole nitrogens is 1. The van der Waals surface area contributed by atoms with Crippen LogP contribution in [0.2, 0.25) is 0 Å². The van der Waals surface area contributed by atoms with Crippen LogP contribution in [0.3, 0.4) is 0 Å². The van der Waals surface area contributed by atoms with Gasteiger partial charge in [0.05, 0.1) is 23.7 Å². The fraction of sp³-hybridized carbons (Fsp3) is 0.412. The van der Waals surface area contributed by atoms with Gasteiger partial charge >= 0.3 is 0 Å². The van der Waals surface area contributed by atoms with E-state index < -0.39 is 6.10 Å². The van der Waals surface area contributed by atoms with E-state index in [9.17, 15) is 4.79 Å². The molecule has 1 saturated heterocycles. The van der Waals surface area contributed by atoms with Crippen molar-refractivity contribution < 1.29 is 9.53 Å². The molecule has 3 rings (SSSR count). The molecule has 0 unspecified atom stereocenters. The third kappa shape index (κ3) is 2.76. The predicted molar refractivity (Wildman–Crippen MR) is 85.4 cm³/mol. The molecule has 1 fully saturated rings. The third-order valence-electron chi connectivity index (χ3n) is 4.07. The first-order valence-electron chi connectivity index (χ1n) is 7.68. The highest BCUT2D eigenvalue weighted by atomic mass is 16.5. The maximum Gasteiger partial charge on any atom is 0.252 e. The van der Waals surface area contributed by atoms with Gasteiger partial charge in [0.1, 0.15) is 11.9 Å². The Morgan fingerprint density at radius 1 is 1.59 bits per heavy atom. The molecule has 2 atom stereocenters. The van der Waals surface area contributed by atoms with E-state index in [4.69, 9.17) is 4.74 Å². The first-order chi connectivity index (χ1) is 10.7. The van der Waals surface area contributed by atoms with Crippen LogP contribution in [0, 0.1) is 0 Å². The fourth-order valence-electron chi connectivity index (χ4n) is 2.96.